The number of methoxy groups -OCH3 is 1. The molecule has 4 nitrogen and oxygen atoms in total. The van der Waals surface area contributed by atoms with Gasteiger partial charge < -0.3 is 15.4 Å². The summed E-state index contributed by atoms with van der Waals surface area (Å²) in [7, 11) is 1.67. The molecule has 4 heteroatoms. The Morgan fingerprint density at radius 3 is 2.24 bits per heavy atom. The highest BCUT2D eigenvalue weighted by Gasteiger charge is 2.44. The number of ether oxygens (including phenoxy) is 1. The minimum atomic E-state index is -0.155. The van der Waals surface area contributed by atoms with Crippen molar-refractivity contribution in [2.75, 3.05) is 19.0 Å². The molecular weight excluding hydrogens is 312 g/mol. The molecule has 1 aliphatic rings. The monoisotopic (exact) mass is 338 g/mol. The Balaban J connectivity index is 1.54. The van der Waals surface area contributed by atoms with E-state index in [2.05, 4.69) is 48.7 Å². The molecule has 0 bridgehead atoms. The number of anilines is 1. The van der Waals surface area contributed by atoms with Crippen molar-refractivity contribution in [1.82, 2.24) is 5.32 Å². The van der Waals surface area contributed by atoms with Crippen molar-refractivity contribution in [2.45, 2.75) is 38.0 Å². The molecule has 1 saturated carbocycles. The van der Waals surface area contributed by atoms with Gasteiger partial charge in [0.05, 0.1) is 7.11 Å². The third-order valence-corrected chi connectivity index (χ3v) is 4.98. The molecule has 2 aromatic carbocycles. The summed E-state index contributed by atoms with van der Waals surface area (Å²) in [5, 5.41) is 5.93. The summed E-state index contributed by atoms with van der Waals surface area (Å²) in [5.74, 6) is 1.34. The van der Waals surface area contributed by atoms with Crippen LogP contribution in [0.1, 0.15) is 43.7 Å². The standard InChI is InChI=1S/C21H26N2O2/c1-15(2)16-4-8-18(9-5-16)23-20(24)22-14-21(12-13-21)17-6-10-19(25-3)11-7-17/h4-11,15H,12-14H2,1-3H3,(H2,22,23,24). The number of hydrogen-bond acceptors (Lipinski definition) is 2. The molecule has 25 heavy (non-hydrogen) atoms. The lowest BCUT2D eigenvalue weighted by molar-refractivity contribution is 0.251. The maximum atomic E-state index is 12.2. The van der Waals surface area contributed by atoms with E-state index in [-0.39, 0.29) is 11.4 Å². The van der Waals surface area contributed by atoms with Crippen molar-refractivity contribution < 1.29 is 9.53 Å². The lowest BCUT2D eigenvalue weighted by Gasteiger charge is -2.17. The van der Waals surface area contributed by atoms with Crippen LogP contribution in [0.2, 0.25) is 0 Å². The smallest absolute Gasteiger partial charge is 0.319 e. The summed E-state index contributed by atoms with van der Waals surface area (Å²) in [6.07, 6.45) is 2.20. The average molecular weight is 338 g/mol. The molecule has 2 N–H and O–H groups in total. The molecule has 0 saturated heterocycles. The molecule has 0 spiro atoms. The van der Waals surface area contributed by atoms with Crippen LogP contribution in [0.5, 0.6) is 5.75 Å². The molecule has 132 valence electrons. The van der Waals surface area contributed by atoms with Crippen LogP contribution in [0.15, 0.2) is 48.5 Å². The number of carbonyl (C=O) groups is 1. The fourth-order valence-corrected chi connectivity index (χ4v) is 3.04. The maximum Gasteiger partial charge on any atom is 0.319 e. The van der Waals surface area contributed by atoms with E-state index in [1.807, 2.05) is 24.3 Å². The molecule has 0 aliphatic heterocycles. The van der Waals surface area contributed by atoms with Crippen LogP contribution < -0.4 is 15.4 Å². The molecule has 0 heterocycles. The zero-order valence-corrected chi connectivity index (χ0v) is 15.1. The van der Waals surface area contributed by atoms with Gasteiger partial charge in [0.25, 0.3) is 0 Å². The largest absolute Gasteiger partial charge is 0.497 e. The van der Waals surface area contributed by atoms with Gasteiger partial charge in [-0.3, -0.25) is 0 Å². The molecule has 2 amide bonds. The van der Waals surface area contributed by atoms with Gasteiger partial charge in [-0.25, -0.2) is 4.79 Å². The van der Waals surface area contributed by atoms with Crippen LogP contribution in [-0.4, -0.2) is 19.7 Å². The second kappa shape index (κ2) is 7.18. The highest BCUT2D eigenvalue weighted by molar-refractivity contribution is 5.89. The molecule has 0 radical (unpaired) electrons. The second-order valence-electron chi connectivity index (χ2n) is 7.09. The molecule has 0 aromatic heterocycles. The van der Waals surface area contributed by atoms with E-state index >= 15 is 0 Å². The fourth-order valence-electron chi connectivity index (χ4n) is 3.04. The summed E-state index contributed by atoms with van der Waals surface area (Å²) in [6.45, 7) is 4.96. The minimum Gasteiger partial charge on any atom is -0.497 e. The van der Waals surface area contributed by atoms with Crippen molar-refractivity contribution in [3.05, 3.63) is 59.7 Å². The predicted molar refractivity (Wildman–Crippen MR) is 101 cm³/mol. The van der Waals surface area contributed by atoms with E-state index in [0.717, 1.165) is 24.3 Å². The SMILES string of the molecule is COc1ccc(C2(CNC(=O)Nc3ccc(C(C)C)cc3)CC2)cc1. The van der Waals surface area contributed by atoms with Gasteiger partial charge >= 0.3 is 6.03 Å². The summed E-state index contributed by atoms with van der Waals surface area (Å²) < 4.78 is 5.21. The Morgan fingerprint density at radius 1 is 1.08 bits per heavy atom. The Morgan fingerprint density at radius 2 is 1.72 bits per heavy atom. The van der Waals surface area contributed by atoms with Crippen LogP contribution in [0, 0.1) is 0 Å². The van der Waals surface area contributed by atoms with Crippen LogP contribution in [0.3, 0.4) is 0 Å². The molecule has 0 unspecified atom stereocenters. The van der Waals surface area contributed by atoms with Gasteiger partial charge in [-0.05, 0) is 54.2 Å². The van der Waals surface area contributed by atoms with Crippen LogP contribution in [0.4, 0.5) is 10.5 Å². The minimum absolute atomic E-state index is 0.0745. The zero-order chi connectivity index (χ0) is 17.9. The predicted octanol–water partition coefficient (Wildman–Crippen LogP) is 4.67. The van der Waals surface area contributed by atoms with Crippen LogP contribution in [-0.2, 0) is 5.41 Å². The number of carbonyl (C=O) groups excluding carboxylic acids is 1. The molecule has 1 aliphatic carbocycles. The molecule has 3 rings (SSSR count). The van der Waals surface area contributed by atoms with Gasteiger partial charge in [-0.15, -0.1) is 0 Å². The van der Waals surface area contributed by atoms with Crippen LogP contribution >= 0.6 is 0 Å². The van der Waals surface area contributed by atoms with Gasteiger partial charge in [0.15, 0.2) is 0 Å². The van der Waals surface area contributed by atoms with E-state index in [4.69, 9.17) is 4.74 Å². The van der Waals surface area contributed by atoms with E-state index in [1.54, 1.807) is 7.11 Å². The fraction of sp³-hybridized carbons (Fsp3) is 0.381. The summed E-state index contributed by atoms with van der Waals surface area (Å²) in [5.41, 5.74) is 3.42. The van der Waals surface area contributed by atoms with Gasteiger partial charge in [0, 0.05) is 17.6 Å². The second-order valence-corrected chi connectivity index (χ2v) is 7.09. The lowest BCUT2D eigenvalue weighted by Crippen LogP contribution is -2.35. The third kappa shape index (κ3) is 4.13. The summed E-state index contributed by atoms with van der Waals surface area (Å²) in [4.78, 5) is 12.2. The molecule has 1 fully saturated rings. The van der Waals surface area contributed by atoms with Crippen LogP contribution in [0.25, 0.3) is 0 Å². The molecule has 0 atom stereocenters. The van der Waals surface area contributed by atoms with Crippen molar-refractivity contribution in [1.29, 1.82) is 0 Å². The van der Waals surface area contributed by atoms with Gasteiger partial charge in [-0.2, -0.15) is 0 Å². The zero-order valence-electron chi connectivity index (χ0n) is 15.1. The number of urea groups is 1. The van der Waals surface area contributed by atoms with Gasteiger partial charge in [0.1, 0.15) is 5.75 Å². The molecule has 2 aromatic rings. The first-order valence-corrected chi connectivity index (χ1v) is 8.82. The topological polar surface area (TPSA) is 50.4 Å². The Labute approximate surface area is 149 Å². The van der Waals surface area contributed by atoms with Crippen molar-refractivity contribution in [3.63, 3.8) is 0 Å². The maximum absolute atomic E-state index is 12.2. The number of amides is 2. The van der Waals surface area contributed by atoms with Gasteiger partial charge in [0.2, 0.25) is 0 Å². The Kier molecular flexibility index (Phi) is 4.98. The molecular formula is C21H26N2O2. The van der Waals surface area contributed by atoms with Gasteiger partial charge in [-0.1, -0.05) is 38.1 Å². The van der Waals surface area contributed by atoms with E-state index < -0.39 is 0 Å². The first-order valence-electron chi connectivity index (χ1n) is 8.82. The number of nitrogens with one attached hydrogen (secondary N) is 2. The van der Waals surface area contributed by atoms with Crippen molar-refractivity contribution >= 4 is 11.7 Å². The van der Waals surface area contributed by atoms with E-state index in [1.165, 1.54) is 11.1 Å². The Hall–Kier alpha value is -2.49. The number of hydrogen-bond donors (Lipinski definition) is 2. The third-order valence-electron chi connectivity index (χ3n) is 4.98. The summed E-state index contributed by atoms with van der Waals surface area (Å²) in [6, 6.07) is 16.0. The number of benzene rings is 2. The van der Waals surface area contributed by atoms with E-state index in [9.17, 15) is 4.79 Å². The first kappa shape index (κ1) is 17.3. The highest BCUT2D eigenvalue weighted by Crippen LogP contribution is 2.47. The van der Waals surface area contributed by atoms with Crippen molar-refractivity contribution in [2.24, 2.45) is 0 Å². The first-order chi connectivity index (χ1) is 12.0. The lowest BCUT2D eigenvalue weighted by atomic mass is 9.96. The van der Waals surface area contributed by atoms with Crippen molar-refractivity contribution in [3.8, 4) is 5.75 Å². The summed E-state index contributed by atoms with van der Waals surface area (Å²) >= 11 is 0. The number of rotatable bonds is 6. The average Bonchev–Trinajstić information content (AvgIpc) is 3.42. The van der Waals surface area contributed by atoms with E-state index in [0.29, 0.717) is 12.5 Å². The normalized spacial score (nSPS) is 14.9. The highest BCUT2D eigenvalue weighted by atomic mass is 16.5. The quantitative estimate of drug-likeness (QED) is 0.804. The Bertz CT molecular complexity index is 717.